The lowest BCUT2D eigenvalue weighted by Crippen LogP contribution is -2.22. The summed E-state index contributed by atoms with van der Waals surface area (Å²) in [5.41, 5.74) is 4.10. The van der Waals surface area contributed by atoms with Crippen molar-refractivity contribution in [2.24, 2.45) is 17.8 Å². The number of allylic oxidation sites excluding steroid dienone is 4. The van der Waals surface area contributed by atoms with E-state index >= 15 is 4.39 Å². The van der Waals surface area contributed by atoms with Gasteiger partial charge in [0, 0.05) is 11.1 Å². The van der Waals surface area contributed by atoms with Gasteiger partial charge in [-0.05, 0) is 117 Å². The van der Waals surface area contributed by atoms with Crippen LogP contribution in [0.3, 0.4) is 0 Å². The molecule has 44 heavy (non-hydrogen) atoms. The molecular weight excluding hydrogens is 553 g/mol. The molecular formula is C40H47F3O. The van der Waals surface area contributed by atoms with E-state index in [2.05, 4.69) is 32.1 Å². The summed E-state index contributed by atoms with van der Waals surface area (Å²) in [6.07, 6.45) is 20.7. The monoisotopic (exact) mass is 600 g/mol. The quantitative estimate of drug-likeness (QED) is 0.148. The molecule has 0 aliphatic heterocycles. The molecule has 1 saturated carbocycles. The van der Waals surface area contributed by atoms with Crippen LogP contribution in [0.2, 0.25) is 0 Å². The average Bonchev–Trinajstić information content (AvgIpc) is 3.05. The molecule has 234 valence electrons. The first-order valence-electron chi connectivity index (χ1n) is 16.8. The van der Waals surface area contributed by atoms with Crippen molar-refractivity contribution in [3.8, 4) is 28.0 Å². The number of hydrogen-bond acceptors (Lipinski definition) is 1. The van der Waals surface area contributed by atoms with Gasteiger partial charge in [-0.1, -0.05) is 87.2 Å². The van der Waals surface area contributed by atoms with Crippen molar-refractivity contribution in [3.63, 3.8) is 0 Å². The Bertz CT molecular complexity index is 1430. The Morgan fingerprint density at radius 2 is 1.41 bits per heavy atom. The van der Waals surface area contributed by atoms with Crippen LogP contribution in [0.1, 0.15) is 96.5 Å². The average molecular weight is 601 g/mol. The Balaban J connectivity index is 1.20. The second-order valence-electron chi connectivity index (χ2n) is 12.7. The predicted octanol–water partition coefficient (Wildman–Crippen LogP) is 12.4. The maximum absolute atomic E-state index is 15.4. The molecule has 1 fully saturated rings. The zero-order chi connectivity index (χ0) is 30.9. The minimum absolute atomic E-state index is 0.0590. The maximum atomic E-state index is 15.4. The van der Waals surface area contributed by atoms with Gasteiger partial charge >= 0.3 is 0 Å². The van der Waals surface area contributed by atoms with Gasteiger partial charge in [0.2, 0.25) is 5.82 Å². The van der Waals surface area contributed by atoms with E-state index in [-0.39, 0.29) is 17.1 Å². The van der Waals surface area contributed by atoms with Gasteiger partial charge in [-0.25, -0.2) is 8.78 Å². The normalized spacial score (nSPS) is 20.6. The van der Waals surface area contributed by atoms with Crippen molar-refractivity contribution in [1.29, 1.82) is 0 Å². The lowest BCUT2D eigenvalue weighted by Gasteiger charge is -2.34. The Morgan fingerprint density at radius 1 is 0.727 bits per heavy atom. The zero-order valence-electron chi connectivity index (χ0n) is 26.4. The molecule has 1 atom stereocenters. The van der Waals surface area contributed by atoms with Crippen LogP contribution in [-0.2, 0) is 0 Å². The first-order valence-corrected chi connectivity index (χ1v) is 16.8. The molecule has 2 aliphatic carbocycles. The smallest absolute Gasteiger partial charge is 0.201 e. The van der Waals surface area contributed by atoms with Gasteiger partial charge in [0.1, 0.15) is 5.82 Å². The van der Waals surface area contributed by atoms with Gasteiger partial charge in [-0.2, -0.15) is 4.39 Å². The second-order valence-corrected chi connectivity index (χ2v) is 12.7. The molecule has 0 spiro atoms. The number of unbranched alkanes of at least 4 members (excludes halogenated alkanes) is 4. The Morgan fingerprint density at radius 3 is 2.07 bits per heavy atom. The van der Waals surface area contributed by atoms with E-state index in [4.69, 9.17) is 4.74 Å². The fourth-order valence-electron chi connectivity index (χ4n) is 7.16. The third-order valence-corrected chi connectivity index (χ3v) is 9.80. The highest BCUT2D eigenvalue weighted by Crippen LogP contribution is 2.42. The minimum atomic E-state index is -0.970. The molecule has 3 aromatic rings. The van der Waals surface area contributed by atoms with Crippen LogP contribution in [0.4, 0.5) is 13.2 Å². The van der Waals surface area contributed by atoms with Crippen molar-refractivity contribution in [2.75, 3.05) is 6.61 Å². The van der Waals surface area contributed by atoms with Gasteiger partial charge in [0.15, 0.2) is 11.6 Å². The molecule has 5 rings (SSSR count). The summed E-state index contributed by atoms with van der Waals surface area (Å²) in [5.74, 6) is 0.0929. The number of ether oxygens (including phenoxy) is 1. The van der Waals surface area contributed by atoms with Crippen molar-refractivity contribution in [3.05, 3.63) is 95.8 Å². The summed E-state index contributed by atoms with van der Waals surface area (Å²) >= 11 is 0. The van der Waals surface area contributed by atoms with Gasteiger partial charge in [-0.3, -0.25) is 0 Å². The van der Waals surface area contributed by atoms with Gasteiger partial charge in [0.05, 0.1) is 6.61 Å². The molecule has 0 radical (unpaired) electrons. The van der Waals surface area contributed by atoms with Crippen LogP contribution in [-0.4, -0.2) is 6.61 Å². The Labute approximate surface area is 262 Å². The molecule has 4 heteroatoms. The lowest BCUT2D eigenvalue weighted by atomic mass is 9.71. The van der Waals surface area contributed by atoms with Gasteiger partial charge in [-0.15, -0.1) is 0 Å². The SMILES string of the molecule is CC=CC1CCC(C2CC=C(c3ccc(-c4ccc(-c5ccc(OCCCCCCC)c(F)c5F)cc4)c(F)c3)CC2)CC1. The van der Waals surface area contributed by atoms with Crippen LogP contribution in [0.25, 0.3) is 27.8 Å². The highest BCUT2D eigenvalue weighted by Gasteiger charge is 2.28. The summed E-state index contributed by atoms with van der Waals surface area (Å²) < 4.78 is 50.6. The fraction of sp³-hybridized carbons (Fsp3) is 0.450. The second kappa shape index (κ2) is 15.6. The third-order valence-electron chi connectivity index (χ3n) is 9.80. The summed E-state index contributed by atoms with van der Waals surface area (Å²) in [6.45, 7) is 4.64. The van der Waals surface area contributed by atoms with Crippen LogP contribution >= 0.6 is 0 Å². The van der Waals surface area contributed by atoms with E-state index in [0.717, 1.165) is 61.8 Å². The summed E-state index contributed by atoms with van der Waals surface area (Å²) in [6, 6.07) is 15.5. The Kier molecular flexibility index (Phi) is 11.4. The molecule has 3 aromatic carbocycles. The van der Waals surface area contributed by atoms with Crippen LogP contribution in [0.15, 0.2) is 72.8 Å². The maximum Gasteiger partial charge on any atom is 0.201 e. The third kappa shape index (κ3) is 7.86. The van der Waals surface area contributed by atoms with Crippen molar-refractivity contribution >= 4 is 5.57 Å². The molecule has 0 aromatic heterocycles. The van der Waals surface area contributed by atoms with Gasteiger partial charge in [0.25, 0.3) is 0 Å². The van der Waals surface area contributed by atoms with Crippen LogP contribution < -0.4 is 4.74 Å². The molecule has 0 amide bonds. The largest absolute Gasteiger partial charge is 0.490 e. The minimum Gasteiger partial charge on any atom is -0.490 e. The van der Waals surface area contributed by atoms with E-state index in [9.17, 15) is 8.78 Å². The molecule has 0 saturated heterocycles. The molecule has 2 aliphatic rings. The standard InChI is InChI=1S/C40H47F3O/c1-3-5-6-7-8-26-44-38-25-24-36(39(42)40(38)43)33-20-18-32(19-21-33)35-23-22-34(27-37(35)41)31-16-14-30(15-17-31)29-12-10-28(9-4-2)11-13-29/h4,9,16,18-25,27-30H,3,5-8,10-15,17,26H2,1-2H3. The summed E-state index contributed by atoms with van der Waals surface area (Å²) in [4.78, 5) is 0. The van der Waals surface area contributed by atoms with E-state index < -0.39 is 11.6 Å². The number of hydrogen-bond donors (Lipinski definition) is 0. The number of rotatable bonds is 12. The number of benzene rings is 3. The predicted molar refractivity (Wildman–Crippen MR) is 177 cm³/mol. The van der Waals surface area contributed by atoms with E-state index in [1.54, 1.807) is 36.4 Å². The van der Waals surface area contributed by atoms with Crippen molar-refractivity contribution in [1.82, 2.24) is 0 Å². The van der Waals surface area contributed by atoms with Crippen molar-refractivity contribution in [2.45, 2.75) is 90.9 Å². The highest BCUT2D eigenvalue weighted by molar-refractivity contribution is 5.74. The lowest BCUT2D eigenvalue weighted by molar-refractivity contribution is 0.212. The zero-order valence-corrected chi connectivity index (χ0v) is 26.4. The number of halogens is 3. The van der Waals surface area contributed by atoms with E-state index in [1.807, 2.05) is 12.1 Å². The summed E-state index contributed by atoms with van der Waals surface area (Å²) in [7, 11) is 0. The topological polar surface area (TPSA) is 9.23 Å². The van der Waals surface area contributed by atoms with Crippen LogP contribution in [0.5, 0.6) is 5.75 Å². The van der Waals surface area contributed by atoms with Gasteiger partial charge < -0.3 is 4.74 Å². The first kappa shape index (κ1) is 32.1. The molecule has 1 unspecified atom stereocenters. The molecule has 0 bridgehead atoms. The first-order chi connectivity index (χ1) is 21.5. The van der Waals surface area contributed by atoms with Crippen molar-refractivity contribution < 1.29 is 17.9 Å². The molecule has 0 heterocycles. The highest BCUT2D eigenvalue weighted by atomic mass is 19.2. The Hall–Kier alpha value is -3.27. The van der Waals surface area contributed by atoms with Crippen LogP contribution in [0, 0.1) is 35.2 Å². The summed E-state index contributed by atoms with van der Waals surface area (Å²) in [5, 5.41) is 0. The van der Waals surface area contributed by atoms with E-state index in [1.165, 1.54) is 50.2 Å². The van der Waals surface area contributed by atoms with E-state index in [0.29, 0.717) is 23.3 Å². The molecule has 0 N–H and O–H groups in total. The molecule has 1 nitrogen and oxygen atoms in total. The fourth-order valence-corrected chi connectivity index (χ4v) is 7.16.